The van der Waals surface area contributed by atoms with Gasteiger partial charge >= 0.3 is 0 Å². The second-order valence-electron chi connectivity index (χ2n) is 6.84. The van der Waals surface area contributed by atoms with E-state index in [0.29, 0.717) is 30.4 Å². The lowest BCUT2D eigenvalue weighted by Crippen LogP contribution is -2.39. The third-order valence-corrected chi connectivity index (χ3v) is 4.94. The van der Waals surface area contributed by atoms with Crippen molar-refractivity contribution in [3.63, 3.8) is 0 Å². The number of aromatic nitrogens is 3. The molecule has 138 valence electrons. The summed E-state index contributed by atoms with van der Waals surface area (Å²) in [6.45, 7) is 1.45. The van der Waals surface area contributed by atoms with Crippen LogP contribution in [-0.4, -0.2) is 39.0 Å². The average molecular weight is 362 g/mol. The Labute approximate surface area is 158 Å². The highest BCUT2D eigenvalue weighted by Gasteiger charge is 2.28. The number of pyridine rings is 1. The average Bonchev–Trinajstić information content (AvgIpc) is 3.24. The minimum atomic E-state index is 0.112. The molecule has 0 radical (unpaired) electrons. The normalized spacial score (nSPS) is 17.0. The number of aryl methyl sites for hydroxylation is 1. The largest absolute Gasteiger partial charge is 0.342 e. The van der Waals surface area contributed by atoms with Gasteiger partial charge in [0.15, 0.2) is 5.82 Å². The first kappa shape index (κ1) is 17.4. The Bertz CT molecular complexity index is 879. The number of piperidine rings is 1. The van der Waals surface area contributed by atoms with Gasteiger partial charge in [-0.3, -0.25) is 9.78 Å². The highest BCUT2D eigenvalue weighted by atomic mass is 16.5. The molecule has 1 atom stereocenters. The zero-order chi connectivity index (χ0) is 18.5. The molecule has 6 nitrogen and oxygen atoms in total. The summed E-state index contributed by atoms with van der Waals surface area (Å²) < 4.78 is 5.38. The predicted molar refractivity (Wildman–Crippen MR) is 101 cm³/mol. The van der Waals surface area contributed by atoms with Gasteiger partial charge in [0.2, 0.25) is 5.91 Å². The number of amides is 1. The maximum atomic E-state index is 12.6. The molecule has 0 aliphatic carbocycles. The minimum absolute atomic E-state index is 0.112. The summed E-state index contributed by atoms with van der Waals surface area (Å²) in [4.78, 5) is 23.3. The molecule has 27 heavy (non-hydrogen) atoms. The van der Waals surface area contributed by atoms with Gasteiger partial charge < -0.3 is 9.42 Å². The Morgan fingerprint density at radius 2 is 2.00 bits per heavy atom. The Kier molecular flexibility index (Phi) is 5.23. The molecule has 2 aromatic heterocycles. The monoisotopic (exact) mass is 362 g/mol. The van der Waals surface area contributed by atoms with Crippen molar-refractivity contribution in [2.75, 3.05) is 13.1 Å². The number of likely N-dealkylation sites (tertiary alicyclic amines) is 1. The third kappa shape index (κ3) is 4.22. The molecule has 0 spiro atoms. The van der Waals surface area contributed by atoms with Gasteiger partial charge in [0.05, 0.1) is 0 Å². The summed E-state index contributed by atoms with van der Waals surface area (Å²) in [5.74, 6) is 1.40. The molecule has 1 fully saturated rings. The molecule has 1 amide bonds. The zero-order valence-electron chi connectivity index (χ0n) is 15.1. The van der Waals surface area contributed by atoms with Crippen molar-refractivity contribution < 1.29 is 9.32 Å². The van der Waals surface area contributed by atoms with E-state index in [1.807, 2.05) is 41.3 Å². The molecule has 0 saturated carbocycles. The Hall–Kier alpha value is -3.02. The minimum Gasteiger partial charge on any atom is -0.342 e. The van der Waals surface area contributed by atoms with Crippen LogP contribution in [0.3, 0.4) is 0 Å². The molecule has 1 aromatic carbocycles. The Morgan fingerprint density at radius 3 is 2.81 bits per heavy atom. The standard InChI is InChI=1S/C21H22N4O2/c26-19(12-11-16-7-2-1-3-8-16)25-14-6-9-17(15-25)20-23-21(27-24-20)18-10-4-5-13-22-18/h1-5,7-8,10,13,17H,6,9,11-12,14-15H2. The quantitative estimate of drug-likeness (QED) is 0.695. The van der Waals surface area contributed by atoms with Crippen molar-refractivity contribution in [1.29, 1.82) is 0 Å². The topological polar surface area (TPSA) is 72.1 Å². The first-order valence-corrected chi connectivity index (χ1v) is 9.36. The van der Waals surface area contributed by atoms with E-state index in [4.69, 9.17) is 4.52 Å². The molecule has 0 N–H and O–H groups in total. The molecule has 0 bridgehead atoms. The smallest absolute Gasteiger partial charge is 0.276 e. The van der Waals surface area contributed by atoms with E-state index < -0.39 is 0 Å². The van der Waals surface area contributed by atoms with Crippen LogP contribution in [0.25, 0.3) is 11.6 Å². The van der Waals surface area contributed by atoms with Crippen LogP contribution < -0.4 is 0 Å². The van der Waals surface area contributed by atoms with E-state index in [-0.39, 0.29) is 11.8 Å². The number of benzene rings is 1. The fraction of sp³-hybridized carbons (Fsp3) is 0.333. The maximum Gasteiger partial charge on any atom is 0.276 e. The van der Waals surface area contributed by atoms with Gasteiger partial charge in [-0.1, -0.05) is 41.6 Å². The molecule has 3 aromatic rings. The first-order valence-electron chi connectivity index (χ1n) is 9.36. The highest BCUT2D eigenvalue weighted by molar-refractivity contribution is 5.76. The lowest BCUT2D eigenvalue weighted by atomic mass is 9.97. The summed E-state index contributed by atoms with van der Waals surface area (Å²) in [5, 5.41) is 4.14. The van der Waals surface area contributed by atoms with E-state index in [1.54, 1.807) is 6.20 Å². The number of hydrogen-bond donors (Lipinski definition) is 0. The molecule has 1 aliphatic rings. The van der Waals surface area contributed by atoms with Crippen molar-refractivity contribution in [3.8, 4) is 11.6 Å². The molecule has 1 aliphatic heterocycles. The van der Waals surface area contributed by atoms with Crippen molar-refractivity contribution in [2.45, 2.75) is 31.6 Å². The summed E-state index contributed by atoms with van der Waals surface area (Å²) in [6.07, 6.45) is 4.92. The van der Waals surface area contributed by atoms with Gasteiger partial charge in [0.1, 0.15) is 5.69 Å². The fourth-order valence-corrected chi connectivity index (χ4v) is 3.46. The summed E-state index contributed by atoms with van der Waals surface area (Å²) in [6, 6.07) is 15.7. The van der Waals surface area contributed by atoms with Crippen LogP contribution >= 0.6 is 0 Å². The van der Waals surface area contributed by atoms with Crippen molar-refractivity contribution >= 4 is 5.91 Å². The maximum absolute atomic E-state index is 12.6. The van der Waals surface area contributed by atoms with Crippen molar-refractivity contribution in [1.82, 2.24) is 20.0 Å². The lowest BCUT2D eigenvalue weighted by Gasteiger charge is -2.31. The molecular formula is C21H22N4O2. The molecule has 1 unspecified atom stereocenters. The summed E-state index contributed by atoms with van der Waals surface area (Å²) in [5.41, 5.74) is 1.86. The van der Waals surface area contributed by atoms with E-state index in [1.165, 1.54) is 5.56 Å². The van der Waals surface area contributed by atoms with Gasteiger partial charge in [-0.15, -0.1) is 0 Å². The van der Waals surface area contributed by atoms with Crippen LogP contribution in [0.5, 0.6) is 0 Å². The molecule has 3 heterocycles. The third-order valence-electron chi connectivity index (χ3n) is 4.94. The van der Waals surface area contributed by atoms with Crippen molar-refractivity contribution in [2.24, 2.45) is 0 Å². The van der Waals surface area contributed by atoms with Gasteiger partial charge in [0, 0.05) is 31.6 Å². The number of hydrogen-bond acceptors (Lipinski definition) is 5. The fourth-order valence-electron chi connectivity index (χ4n) is 3.46. The van der Waals surface area contributed by atoms with Gasteiger partial charge in [-0.25, -0.2) is 0 Å². The molecular weight excluding hydrogens is 340 g/mol. The van der Waals surface area contributed by atoms with Crippen LogP contribution in [0.4, 0.5) is 0 Å². The number of rotatable bonds is 5. The Morgan fingerprint density at radius 1 is 1.15 bits per heavy atom. The first-order chi connectivity index (χ1) is 13.3. The van der Waals surface area contributed by atoms with Gasteiger partial charge in [-0.05, 0) is 37.0 Å². The van der Waals surface area contributed by atoms with Gasteiger partial charge in [0.25, 0.3) is 5.89 Å². The van der Waals surface area contributed by atoms with Gasteiger partial charge in [-0.2, -0.15) is 4.98 Å². The van der Waals surface area contributed by atoms with Crippen LogP contribution in [0.2, 0.25) is 0 Å². The van der Waals surface area contributed by atoms with E-state index in [9.17, 15) is 4.79 Å². The molecule has 6 heteroatoms. The molecule has 1 saturated heterocycles. The van der Waals surface area contributed by atoms with E-state index >= 15 is 0 Å². The number of nitrogens with zero attached hydrogens (tertiary/aromatic N) is 4. The van der Waals surface area contributed by atoms with Crippen LogP contribution in [0, 0.1) is 0 Å². The van der Waals surface area contributed by atoms with Crippen molar-refractivity contribution in [3.05, 3.63) is 66.1 Å². The summed E-state index contributed by atoms with van der Waals surface area (Å²) in [7, 11) is 0. The highest BCUT2D eigenvalue weighted by Crippen LogP contribution is 2.27. The second-order valence-corrected chi connectivity index (χ2v) is 6.84. The van der Waals surface area contributed by atoms with E-state index in [0.717, 1.165) is 25.8 Å². The lowest BCUT2D eigenvalue weighted by molar-refractivity contribution is -0.132. The SMILES string of the molecule is O=C(CCc1ccccc1)N1CCCC(c2noc(-c3ccccn3)n2)C1. The molecule has 4 rings (SSSR count). The van der Waals surface area contributed by atoms with Crippen LogP contribution in [0.1, 0.15) is 36.6 Å². The van der Waals surface area contributed by atoms with Crippen LogP contribution in [-0.2, 0) is 11.2 Å². The summed E-state index contributed by atoms with van der Waals surface area (Å²) >= 11 is 0. The second kappa shape index (κ2) is 8.12. The number of carbonyl (C=O) groups is 1. The number of carbonyl (C=O) groups excluding carboxylic acids is 1. The zero-order valence-corrected chi connectivity index (χ0v) is 15.1. The van der Waals surface area contributed by atoms with E-state index in [2.05, 4.69) is 27.3 Å². The Balaban J connectivity index is 1.38. The predicted octanol–water partition coefficient (Wildman–Crippen LogP) is 3.47. The van der Waals surface area contributed by atoms with Crippen LogP contribution in [0.15, 0.2) is 59.3 Å².